The van der Waals surface area contributed by atoms with E-state index in [1.807, 2.05) is 35.8 Å². The highest BCUT2D eigenvalue weighted by Gasteiger charge is 2.29. The SMILES string of the molecule is C=CCn1c(SC(C)C(=O)Nc2ccc3c(c2)OCO3)nnc1C1COc2ccccc2O1. The van der Waals surface area contributed by atoms with Crippen LogP contribution >= 0.6 is 11.8 Å². The first-order chi connectivity index (χ1) is 16.1. The van der Waals surface area contributed by atoms with Gasteiger partial charge in [-0.2, -0.15) is 0 Å². The number of nitrogens with zero attached hydrogens (tertiary/aromatic N) is 3. The highest BCUT2D eigenvalue weighted by atomic mass is 32.2. The number of para-hydroxylation sites is 2. The quantitative estimate of drug-likeness (QED) is 0.415. The average molecular weight is 467 g/mol. The molecule has 2 atom stereocenters. The summed E-state index contributed by atoms with van der Waals surface area (Å²) in [7, 11) is 0. The summed E-state index contributed by atoms with van der Waals surface area (Å²) in [5.41, 5.74) is 0.636. The molecule has 9 nitrogen and oxygen atoms in total. The third kappa shape index (κ3) is 4.34. The highest BCUT2D eigenvalue weighted by molar-refractivity contribution is 8.00. The van der Waals surface area contributed by atoms with Gasteiger partial charge in [0, 0.05) is 18.3 Å². The maximum atomic E-state index is 12.8. The van der Waals surface area contributed by atoms with E-state index >= 15 is 0 Å². The second kappa shape index (κ2) is 9.07. The summed E-state index contributed by atoms with van der Waals surface area (Å²) in [6, 6.07) is 12.8. The van der Waals surface area contributed by atoms with E-state index in [0.29, 0.717) is 52.8 Å². The lowest BCUT2D eigenvalue weighted by Crippen LogP contribution is -2.25. The number of nitrogens with one attached hydrogen (secondary N) is 1. The van der Waals surface area contributed by atoms with Crippen LogP contribution in [0.15, 0.2) is 60.3 Å². The monoisotopic (exact) mass is 466 g/mol. The Balaban J connectivity index is 1.29. The van der Waals surface area contributed by atoms with E-state index in [4.69, 9.17) is 18.9 Å². The molecule has 5 rings (SSSR count). The van der Waals surface area contributed by atoms with Crippen LogP contribution in [0.4, 0.5) is 5.69 Å². The Labute approximate surface area is 194 Å². The smallest absolute Gasteiger partial charge is 0.237 e. The van der Waals surface area contributed by atoms with Crippen LogP contribution in [0, 0.1) is 0 Å². The zero-order valence-corrected chi connectivity index (χ0v) is 18.7. The molecular formula is C23H22N4O5S. The van der Waals surface area contributed by atoms with Gasteiger partial charge in [0.2, 0.25) is 12.7 Å². The Hall–Kier alpha value is -3.66. The van der Waals surface area contributed by atoms with Crippen molar-refractivity contribution in [1.82, 2.24) is 14.8 Å². The molecule has 0 spiro atoms. The summed E-state index contributed by atoms with van der Waals surface area (Å²) < 4.78 is 24.5. The summed E-state index contributed by atoms with van der Waals surface area (Å²) >= 11 is 1.31. The van der Waals surface area contributed by atoms with Crippen molar-refractivity contribution < 1.29 is 23.7 Å². The lowest BCUT2D eigenvalue weighted by molar-refractivity contribution is -0.115. The lowest BCUT2D eigenvalue weighted by Gasteiger charge is -2.26. The predicted molar refractivity (Wildman–Crippen MR) is 122 cm³/mol. The number of allylic oxidation sites excluding steroid dienone is 1. The first-order valence-corrected chi connectivity index (χ1v) is 11.3. The summed E-state index contributed by atoms with van der Waals surface area (Å²) in [4.78, 5) is 12.8. The minimum Gasteiger partial charge on any atom is -0.485 e. The normalized spacial score (nSPS) is 16.8. The molecule has 170 valence electrons. The summed E-state index contributed by atoms with van der Waals surface area (Å²) in [6.07, 6.45) is 1.34. The molecule has 0 aliphatic carbocycles. The number of fused-ring (bicyclic) bond motifs is 2. The average Bonchev–Trinajstić information content (AvgIpc) is 3.46. The summed E-state index contributed by atoms with van der Waals surface area (Å²) in [5.74, 6) is 3.09. The van der Waals surface area contributed by atoms with Gasteiger partial charge in [-0.3, -0.25) is 9.36 Å². The van der Waals surface area contributed by atoms with Crippen LogP contribution < -0.4 is 24.3 Å². The number of anilines is 1. The lowest BCUT2D eigenvalue weighted by atomic mass is 10.2. The van der Waals surface area contributed by atoms with Crippen molar-refractivity contribution in [3.8, 4) is 23.0 Å². The molecule has 2 aromatic carbocycles. The molecule has 3 heterocycles. The number of carbonyl (C=O) groups excluding carboxylic acids is 1. The predicted octanol–water partition coefficient (Wildman–Crippen LogP) is 3.82. The van der Waals surface area contributed by atoms with E-state index < -0.39 is 11.4 Å². The van der Waals surface area contributed by atoms with E-state index in [0.717, 1.165) is 0 Å². The molecule has 1 N–H and O–H groups in total. The molecule has 0 radical (unpaired) electrons. The van der Waals surface area contributed by atoms with Gasteiger partial charge < -0.3 is 24.3 Å². The van der Waals surface area contributed by atoms with Crippen molar-refractivity contribution in [2.24, 2.45) is 0 Å². The molecule has 0 saturated heterocycles. The van der Waals surface area contributed by atoms with Crippen molar-refractivity contribution in [1.29, 1.82) is 0 Å². The largest absolute Gasteiger partial charge is 0.485 e. The van der Waals surface area contributed by atoms with Gasteiger partial charge in [-0.25, -0.2) is 0 Å². The van der Waals surface area contributed by atoms with Gasteiger partial charge in [-0.05, 0) is 31.2 Å². The third-order valence-electron chi connectivity index (χ3n) is 5.15. The number of ether oxygens (including phenoxy) is 4. The van der Waals surface area contributed by atoms with Crippen LogP contribution in [0.1, 0.15) is 18.9 Å². The van der Waals surface area contributed by atoms with Crippen LogP contribution in [0.3, 0.4) is 0 Å². The Morgan fingerprint density at radius 1 is 1.18 bits per heavy atom. The van der Waals surface area contributed by atoms with Crippen LogP contribution in [0.2, 0.25) is 0 Å². The summed E-state index contributed by atoms with van der Waals surface area (Å²) in [5, 5.41) is 11.7. The number of thioether (sulfide) groups is 1. The minimum absolute atomic E-state index is 0.167. The van der Waals surface area contributed by atoms with Crippen molar-refractivity contribution >= 4 is 23.4 Å². The fourth-order valence-electron chi connectivity index (χ4n) is 3.50. The number of carbonyl (C=O) groups is 1. The third-order valence-corrected chi connectivity index (χ3v) is 6.23. The number of hydrogen-bond acceptors (Lipinski definition) is 8. The molecule has 2 unspecified atom stereocenters. The molecule has 1 aromatic heterocycles. The molecule has 2 aliphatic rings. The number of rotatable bonds is 7. The Kier molecular flexibility index (Phi) is 5.82. The van der Waals surface area contributed by atoms with Crippen LogP contribution in [-0.2, 0) is 11.3 Å². The van der Waals surface area contributed by atoms with Crippen LogP contribution in [0.5, 0.6) is 23.0 Å². The van der Waals surface area contributed by atoms with Crippen LogP contribution in [-0.4, -0.2) is 39.3 Å². The number of aromatic nitrogens is 3. The minimum atomic E-state index is -0.430. The second-order valence-electron chi connectivity index (χ2n) is 7.42. The van der Waals surface area contributed by atoms with E-state index in [9.17, 15) is 4.79 Å². The van der Waals surface area contributed by atoms with E-state index in [2.05, 4.69) is 22.1 Å². The Bertz CT molecular complexity index is 1200. The van der Waals surface area contributed by atoms with Gasteiger partial charge in [0.1, 0.15) is 6.61 Å². The van der Waals surface area contributed by atoms with Crippen molar-refractivity contribution in [2.75, 3.05) is 18.7 Å². The molecule has 1 amide bonds. The fraction of sp³-hybridized carbons (Fsp3) is 0.261. The highest BCUT2D eigenvalue weighted by Crippen LogP contribution is 2.37. The molecule has 10 heteroatoms. The van der Waals surface area contributed by atoms with E-state index in [-0.39, 0.29) is 12.7 Å². The van der Waals surface area contributed by atoms with Gasteiger partial charge in [-0.15, -0.1) is 16.8 Å². The topological polar surface area (TPSA) is 96.7 Å². The Morgan fingerprint density at radius 2 is 1.97 bits per heavy atom. The Morgan fingerprint density at radius 3 is 2.82 bits per heavy atom. The molecule has 0 saturated carbocycles. The van der Waals surface area contributed by atoms with Crippen LogP contribution in [0.25, 0.3) is 0 Å². The molecule has 2 aliphatic heterocycles. The molecule has 0 bridgehead atoms. The van der Waals surface area contributed by atoms with Gasteiger partial charge in [0.05, 0.1) is 5.25 Å². The zero-order valence-electron chi connectivity index (χ0n) is 17.9. The maximum Gasteiger partial charge on any atom is 0.237 e. The summed E-state index contributed by atoms with van der Waals surface area (Å²) in [6.45, 7) is 6.63. The number of amides is 1. The zero-order chi connectivity index (χ0) is 22.8. The first kappa shape index (κ1) is 21.2. The van der Waals surface area contributed by atoms with Crippen molar-refractivity contribution in [3.05, 3.63) is 60.9 Å². The van der Waals surface area contributed by atoms with Gasteiger partial charge in [-0.1, -0.05) is 30.0 Å². The second-order valence-corrected chi connectivity index (χ2v) is 8.73. The molecule has 3 aromatic rings. The molecular weight excluding hydrogens is 444 g/mol. The van der Waals surface area contributed by atoms with Gasteiger partial charge in [0.25, 0.3) is 0 Å². The van der Waals surface area contributed by atoms with Gasteiger partial charge >= 0.3 is 0 Å². The van der Waals surface area contributed by atoms with E-state index in [1.165, 1.54) is 11.8 Å². The maximum absolute atomic E-state index is 12.8. The number of hydrogen-bond donors (Lipinski definition) is 1. The fourth-order valence-corrected chi connectivity index (χ4v) is 4.37. The van der Waals surface area contributed by atoms with Crippen molar-refractivity contribution in [2.45, 2.75) is 30.0 Å². The van der Waals surface area contributed by atoms with E-state index in [1.54, 1.807) is 24.3 Å². The van der Waals surface area contributed by atoms with Gasteiger partial charge in [0.15, 0.2) is 40.1 Å². The number of benzene rings is 2. The molecule has 0 fully saturated rings. The standard InChI is InChI=1S/C23H22N4O5S/c1-3-10-27-21(20-12-29-16-6-4-5-7-18(16)32-20)25-26-23(27)33-14(2)22(28)24-15-8-9-17-19(11-15)31-13-30-17/h3-9,11,14,20H,1,10,12-13H2,2H3,(H,24,28). The molecule has 33 heavy (non-hydrogen) atoms. The first-order valence-electron chi connectivity index (χ1n) is 10.4. The van der Waals surface area contributed by atoms with Crippen molar-refractivity contribution in [3.63, 3.8) is 0 Å².